The van der Waals surface area contributed by atoms with Crippen molar-refractivity contribution in [2.45, 2.75) is 5.37 Å². The molecule has 22 heavy (non-hydrogen) atoms. The van der Waals surface area contributed by atoms with E-state index < -0.39 is 20.4 Å². The zero-order chi connectivity index (χ0) is 15.5. The first-order chi connectivity index (χ1) is 9.88. The largest absolute Gasteiger partial charge is 1.00 e. The number of hydrogen-bond donors (Lipinski definition) is 2. The van der Waals surface area contributed by atoms with Crippen LogP contribution in [0.25, 0.3) is 0 Å². The molecule has 0 aliphatic carbocycles. The molecule has 0 fully saturated rings. The van der Waals surface area contributed by atoms with Gasteiger partial charge in [-0.1, -0.05) is 30.3 Å². The minimum atomic E-state index is -4.39. The number of hydrogen-bond acceptors (Lipinski definition) is 5. The summed E-state index contributed by atoms with van der Waals surface area (Å²) in [7, 11) is -4.39. The van der Waals surface area contributed by atoms with Crippen molar-refractivity contribution in [3.63, 3.8) is 0 Å². The van der Waals surface area contributed by atoms with Gasteiger partial charge in [0.05, 0.1) is 4.92 Å². The molecule has 2 aromatic rings. The maximum Gasteiger partial charge on any atom is 1.00 e. The zero-order valence-electron chi connectivity index (χ0n) is 11.7. The molecule has 1 atom stereocenters. The van der Waals surface area contributed by atoms with E-state index in [9.17, 15) is 23.1 Å². The Bertz CT molecular complexity index is 735. The fourth-order valence-corrected chi connectivity index (χ4v) is 2.57. The molecule has 0 saturated carbocycles. The van der Waals surface area contributed by atoms with Crippen LogP contribution in [0.5, 0.6) is 0 Å². The van der Waals surface area contributed by atoms with Crippen molar-refractivity contribution in [1.29, 1.82) is 0 Å². The smallest absolute Gasteiger partial charge is 0.363 e. The van der Waals surface area contributed by atoms with Gasteiger partial charge in [0.15, 0.2) is 5.37 Å². The van der Waals surface area contributed by atoms with Crippen molar-refractivity contribution >= 4 is 21.5 Å². The van der Waals surface area contributed by atoms with Crippen LogP contribution in [0.15, 0.2) is 54.6 Å². The first-order valence-electron chi connectivity index (χ1n) is 5.90. The van der Waals surface area contributed by atoms with E-state index in [2.05, 4.69) is 5.32 Å². The summed E-state index contributed by atoms with van der Waals surface area (Å²) >= 11 is 0. The fraction of sp³-hybridized carbons (Fsp3) is 0.0769. The van der Waals surface area contributed by atoms with Crippen LogP contribution >= 0.6 is 0 Å². The Hall–Kier alpha value is -1.45. The Morgan fingerprint density at radius 3 is 2.05 bits per heavy atom. The Labute approximate surface area is 149 Å². The van der Waals surface area contributed by atoms with Gasteiger partial charge in [-0.3, -0.25) is 14.7 Å². The van der Waals surface area contributed by atoms with E-state index >= 15 is 0 Å². The summed E-state index contributed by atoms with van der Waals surface area (Å²) in [6.45, 7) is 0. The molecule has 0 amide bonds. The van der Waals surface area contributed by atoms with Crippen LogP contribution in [-0.4, -0.2) is 17.9 Å². The number of nitrogens with one attached hydrogen (secondary N) is 1. The molecule has 0 heterocycles. The van der Waals surface area contributed by atoms with Gasteiger partial charge in [0.25, 0.3) is 15.8 Å². The summed E-state index contributed by atoms with van der Waals surface area (Å²) in [5.74, 6) is 0. The minimum absolute atomic E-state index is 0. The summed E-state index contributed by atoms with van der Waals surface area (Å²) in [6, 6.07) is 13.3. The average molecular weight is 331 g/mol. The maximum atomic E-state index is 11.5. The van der Waals surface area contributed by atoms with Crippen LogP contribution < -0.4 is 34.9 Å². The van der Waals surface area contributed by atoms with Crippen molar-refractivity contribution in [3.8, 4) is 0 Å². The number of anilines is 1. The first kappa shape index (κ1) is 18.6. The normalized spacial score (nSPS) is 12.0. The molecule has 2 aromatic carbocycles. The molecule has 2 N–H and O–H groups in total. The molecule has 0 spiro atoms. The Balaban J connectivity index is 0.00000242. The second-order valence-corrected chi connectivity index (χ2v) is 5.76. The predicted octanol–water partition coefficient (Wildman–Crippen LogP) is -0.403. The molecule has 0 saturated heterocycles. The summed E-state index contributed by atoms with van der Waals surface area (Å²) in [5, 5.41) is 11.9. The summed E-state index contributed by atoms with van der Waals surface area (Å²) < 4.78 is 32.3. The molecule has 110 valence electrons. The number of rotatable bonds is 5. The van der Waals surface area contributed by atoms with Crippen LogP contribution in [0.4, 0.5) is 11.4 Å². The Kier molecular flexibility index (Phi) is 6.51. The van der Waals surface area contributed by atoms with Crippen LogP contribution in [0, 0.1) is 10.1 Å². The first-order valence-corrected chi connectivity index (χ1v) is 7.40. The summed E-state index contributed by atoms with van der Waals surface area (Å²) in [6.07, 6.45) is 0. The molecule has 1 unspecified atom stereocenters. The Morgan fingerprint density at radius 1 is 1.05 bits per heavy atom. The van der Waals surface area contributed by atoms with Gasteiger partial charge in [-0.2, -0.15) is 8.42 Å². The monoisotopic (exact) mass is 331 g/mol. The van der Waals surface area contributed by atoms with Gasteiger partial charge in [-0.05, 0) is 17.7 Å². The number of benzene rings is 2. The number of nitrogens with zero attached hydrogens (tertiary/aromatic N) is 1. The fourth-order valence-electron chi connectivity index (χ4n) is 1.79. The SMILES string of the molecule is O=[N+]([O-])c1ccc(NC(c2ccccc2)S(=O)(=O)O)cc1.[Na+]. The van der Waals surface area contributed by atoms with Crippen molar-refractivity contribution in [2.75, 3.05) is 5.32 Å². The van der Waals surface area contributed by atoms with Crippen molar-refractivity contribution in [3.05, 3.63) is 70.3 Å². The van der Waals surface area contributed by atoms with E-state index in [-0.39, 0.29) is 35.2 Å². The molecule has 0 radical (unpaired) electrons. The zero-order valence-corrected chi connectivity index (χ0v) is 14.5. The van der Waals surface area contributed by atoms with Crippen LogP contribution in [0.3, 0.4) is 0 Å². The quantitative estimate of drug-likeness (QED) is 0.334. The molecule has 2 rings (SSSR count). The van der Waals surface area contributed by atoms with E-state index in [0.717, 1.165) is 0 Å². The predicted molar refractivity (Wildman–Crippen MR) is 77.5 cm³/mol. The second-order valence-electron chi connectivity index (χ2n) is 4.25. The van der Waals surface area contributed by atoms with E-state index in [1.807, 2.05) is 0 Å². The van der Waals surface area contributed by atoms with E-state index in [1.165, 1.54) is 24.3 Å². The van der Waals surface area contributed by atoms with Crippen molar-refractivity contribution < 1.29 is 47.5 Å². The average Bonchev–Trinajstić information content (AvgIpc) is 2.45. The molecule has 7 nitrogen and oxygen atoms in total. The van der Waals surface area contributed by atoms with E-state index in [0.29, 0.717) is 11.3 Å². The topological polar surface area (TPSA) is 110 Å². The van der Waals surface area contributed by atoms with Gasteiger partial charge >= 0.3 is 29.6 Å². The molecular formula is C13H12N2NaO5S+. The third-order valence-corrected chi connectivity index (χ3v) is 3.76. The van der Waals surface area contributed by atoms with Gasteiger partial charge in [0, 0.05) is 17.8 Å². The van der Waals surface area contributed by atoms with Gasteiger partial charge < -0.3 is 5.32 Å². The molecule has 0 bridgehead atoms. The van der Waals surface area contributed by atoms with Crippen LogP contribution in [0.1, 0.15) is 10.9 Å². The molecular weight excluding hydrogens is 319 g/mol. The van der Waals surface area contributed by atoms with E-state index in [4.69, 9.17) is 0 Å². The molecule has 0 aliphatic rings. The minimum Gasteiger partial charge on any atom is -0.363 e. The summed E-state index contributed by atoms with van der Waals surface area (Å²) in [4.78, 5) is 10.0. The number of non-ortho nitro benzene ring substituents is 1. The number of nitro groups is 1. The Morgan fingerprint density at radius 2 is 1.59 bits per heavy atom. The van der Waals surface area contributed by atoms with Crippen LogP contribution in [0.2, 0.25) is 0 Å². The maximum absolute atomic E-state index is 11.5. The van der Waals surface area contributed by atoms with Gasteiger partial charge in [-0.25, -0.2) is 0 Å². The molecule has 0 aliphatic heterocycles. The second kappa shape index (κ2) is 7.70. The summed E-state index contributed by atoms with van der Waals surface area (Å²) in [5.41, 5.74) is 0.592. The standard InChI is InChI=1S/C13H12N2O5S.Na/c16-15(17)12-8-6-11(7-9-12)14-13(21(18,19)20)10-4-2-1-3-5-10;/h1-9,13-14H,(H,18,19,20);/q;+1. The van der Waals surface area contributed by atoms with E-state index in [1.54, 1.807) is 30.3 Å². The van der Waals surface area contributed by atoms with Crippen LogP contribution in [-0.2, 0) is 10.1 Å². The molecule has 9 heteroatoms. The molecule has 0 aromatic heterocycles. The third-order valence-electron chi connectivity index (χ3n) is 2.78. The van der Waals surface area contributed by atoms with Crippen molar-refractivity contribution in [2.24, 2.45) is 0 Å². The van der Waals surface area contributed by atoms with Gasteiger partial charge in [-0.15, -0.1) is 0 Å². The van der Waals surface area contributed by atoms with Gasteiger partial charge in [0.1, 0.15) is 0 Å². The van der Waals surface area contributed by atoms with Crippen molar-refractivity contribution in [1.82, 2.24) is 0 Å². The third kappa shape index (κ3) is 4.79. The van der Waals surface area contributed by atoms with Gasteiger partial charge in [0.2, 0.25) is 0 Å². The number of nitro benzene ring substituents is 1.